The first kappa shape index (κ1) is 66.7. The largest absolute Gasteiger partial charge is 0.483 e. The van der Waals surface area contributed by atoms with Gasteiger partial charge in [-0.3, -0.25) is 39.2 Å². The summed E-state index contributed by atoms with van der Waals surface area (Å²) in [6.45, 7) is 14.2. The number of hydrazone groups is 1. The van der Waals surface area contributed by atoms with Gasteiger partial charge in [0.15, 0.2) is 29.1 Å². The number of aromatic carboxylic acids is 1. The van der Waals surface area contributed by atoms with E-state index in [9.17, 15) is 33.9 Å². The third-order valence-corrected chi connectivity index (χ3v) is 20.6. The first-order valence-corrected chi connectivity index (χ1v) is 33.7. The van der Waals surface area contributed by atoms with Crippen molar-refractivity contribution in [1.29, 1.82) is 0 Å². The Balaban J connectivity index is 0.590. The molecule has 5 unspecified atom stereocenters. The number of amidine groups is 1. The molecule has 4 aliphatic heterocycles. The molecule has 3 aromatic heterocycles. The molecule has 28 heteroatoms. The van der Waals surface area contributed by atoms with Crippen LogP contribution in [0.25, 0.3) is 10.2 Å². The van der Waals surface area contributed by atoms with Crippen LogP contribution in [0.3, 0.4) is 0 Å². The van der Waals surface area contributed by atoms with Crippen molar-refractivity contribution < 1.29 is 62.2 Å². The number of aromatic nitrogens is 4. The summed E-state index contributed by atoms with van der Waals surface area (Å²) >= 11 is 1.53. The summed E-state index contributed by atoms with van der Waals surface area (Å²) in [6, 6.07) is 16.9. The molecule has 95 heavy (non-hydrogen) atoms. The minimum atomic E-state index is -1.12. The third kappa shape index (κ3) is 14.6. The Labute approximate surface area is 555 Å². The van der Waals surface area contributed by atoms with E-state index in [0.717, 1.165) is 78.9 Å². The van der Waals surface area contributed by atoms with Gasteiger partial charge in [-0.05, 0) is 155 Å². The van der Waals surface area contributed by atoms with Crippen molar-refractivity contribution in [2.75, 3.05) is 110 Å². The van der Waals surface area contributed by atoms with Gasteiger partial charge in [0.2, 0.25) is 11.8 Å². The monoisotopic (exact) mass is 1320 g/mol. The zero-order valence-corrected chi connectivity index (χ0v) is 55.5. The molecule has 2 bridgehead atoms. The number of unbranched alkanes of at least 4 members (excludes halogenated alkanes) is 2. The molecule has 0 radical (unpaired) electrons. The molecular weight excluding hydrogens is 1240 g/mol. The van der Waals surface area contributed by atoms with Gasteiger partial charge in [0.05, 0.1) is 84.9 Å². The van der Waals surface area contributed by atoms with Crippen LogP contribution in [-0.4, -0.2) is 210 Å². The number of carboxylic acids is 1. The molecule has 7 aliphatic rings. The molecular formula is C67H84N15O12S+. The van der Waals surface area contributed by atoms with Gasteiger partial charge in [-0.1, -0.05) is 49.4 Å². The Morgan fingerprint density at radius 3 is 2.38 bits per heavy atom. The van der Waals surface area contributed by atoms with Gasteiger partial charge in [0, 0.05) is 49.8 Å². The highest BCUT2D eigenvalue weighted by Crippen LogP contribution is 2.75. The number of nitrogens with one attached hydrogen (secondary N) is 3. The number of amides is 5. The van der Waals surface area contributed by atoms with E-state index in [4.69, 9.17) is 43.9 Å². The fraction of sp³-hybridized carbons (Fsp3) is 0.552. The van der Waals surface area contributed by atoms with E-state index in [0.29, 0.717) is 79.2 Å². The Morgan fingerprint density at radius 2 is 1.64 bits per heavy atom. The van der Waals surface area contributed by atoms with E-state index in [1.165, 1.54) is 36.0 Å². The predicted octanol–water partition coefficient (Wildman–Crippen LogP) is 7.30. The number of anilines is 4. The van der Waals surface area contributed by atoms with Gasteiger partial charge in [-0.2, -0.15) is 5.10 Å². The zero-order chi connectivity index (χ0) is 66.6. The highest BCUT2D eigenvalue weighted by atomic mass is 32.1. The number of rotatable bonds is 33. The molecule has 2 aromatic carbocycles. The molecule has 5 atom stereocenters. The second-order valence-corrected chi connectivity index (χ2v) is 28.0. The number of aryl methyl sites for hydroxylation is 1. The van der Waals surface area contributed by atoms with E-state index in [1.54, 1.807) is 0 Å². The first-order valence-electron chi connectivity index (χ1n) is 32.9. The van der Waals surface area contributed by atoms with Gasteiger partial charge in [0.25, 0.3) is 17.7 Å². The normalized spacial score (nSPS) is 24.9. The second-order valence-electron chi connectivity index (χ2n) is 27.0. The molecule has 3 saturated carbocycles. The van der Waals surface area contributed by atoms with Crippen molar-refractivity contribution in [1.82, 2.24) is 45.6 Å². The number of ether oxygens (including phenoxy) is 5. The molecule has 4 fully saturated rings. The number of para-hydroxylation sites is 1. The number of nitrogens with zero attached hydrogens (tertiary/aromatic N) is 12. The maximum absolute atomic E-state index is 13.4. The fourth-order valence-electron chi connectivity index (χ4n) is 15.6. The van der Waals surface area contributed by atoms with Crippen LogP contribution in [-0.2, 0) is 33.3 Å². The van der Waals surface area contributed by atoms with Crippen LogP contribution >= 0.6 is 11.3 Å². The van der Waals surface area contributed by atoms with Crippen molar-refractivity contribution >= 4 is 91.7 Å². The van der Waals surface area contributed by atoms with Crippen molar-refractivity contribution in [3.8, 4) is 5.75 Å². The number of likely N-dealkylation sites (N-methyl/N-ethyl adjacent to an activating group) is 1. The summed E-state index contributed by atoms with van der Waals surface area (Å²) in [7, 11) is 4.18. The number of carbonyl (C=O) groups is 6. The summed E-state index contributed by atoms with van der Waals surface area (Å²) in [6.07, 6.45) is 10.2. The number of hydrogen-bond acceptors (Lipinski definition) is 23. The van der Waals surface area contributed by atoms with Gasteiger partial charge >= 0.3 is 11.8 Å². The Hall–Kier alpha value is -8.28. The van der Waals surface area contributed by atoms with E-state index in [2.05, 4.69) is 76.2 Å². The van der Waals surface area contributed by atoms with E-state index < -0.39 is 48.2 Å². The quantitative estimate of drug-likeness (QED) is 0.0182. The number of carboxylic acid groups (broad SMARTS) is 1. The van der Waals surface area contributed by atoms with Gasteiger partial charge in [-0.15, -0.1) is 14.9 Å². The minimum Gasteiger partial charge on any atom is -0.483 e. The number of hydrogen-bond donors (Lipinski definition) is 4. The molecule has 504 valence electrons. The highest BCUT2D eigenvalue weighted by molar-refractivity contribution is 7.22. The molecule has 5 aromatic rings. The summed E-state index contributed by atoms with van der Waals surface area (Å²) in [5.74, 6) is -1.51. The maximum atomic E-state index is 13.4. The Morgan fingerprint density at radius 1 is 0.863 bits per heavy atom. The number of carbonyl (C=O) groups excluding carboxylic acids is 5. The topological polar surface area (TPSA) is 309 Å². The maximum Gasteiger partial charge on any atom is 0.354 e. The average Bonchev–Trinajstić information content (AvgIpc) is 1.54. The van der Waals surface area contributed by atoms with Gasteiger partial charge in [-0.25, -0.2) is 14.8 Å². The lowest BCUT2D eigenvalue weighted by Crippen LogP contribution is -2.54. The summed E-state index contributed by atoms with van der Waals surface area (Å²) in [5.41, 5.74) is 2.92. The van der Waals surface area contributed by atoms with E-state index in [1.807, 2.05) is 65.2 Å². The third-order valence-electron chi connectivity index (χ3n) is 19.7. The smallest absolute Gasteiger partial charge is 0.354 e. The van der Waals surface area contributed by atoms with Crippen LogP contribution in [0.15, 0.2) is 76.1 Å². The Bertz CT molecular complexity index is 3790. The molecule has 1 saturated heterocycles. The van der Waals surface area contributed by atoms with E-state index in [-0.39, 0.29) is 96.1 Å². The number of pyridine rings is 1. The number of benzene rings is 2. The number of piperidine rings is 1. The molecule has 12 rings (SSSR count). The highest BCUT2D eigenvalue weighted by Gasteiger charge is 2.68. The summed E-state index contributed by atoms with van der Waals surface area (Å²) in [5, 5.41) is 44.8. The van der Waals surface area contributed by atoms with Crippen LogP contribution in [0.1, 0.15) is 133 Å². The lowest BCUT2D eigenvalue weighted by atomic mass is 9.52. The zero-order valence-electron chi connectivity index (χ0n) is 54.7. The van der Waals surface area contributed by atoms with Crippen molar-refractivity contribution in [3.63, 3.8) is 0 Å². The predicted molar refractivity (Wildman–Crippen MR) is 352 cm³/mol. The standard InChI is InChI=1S/C67H83N15O12S/c1-41-31-53(74-76-59(41)73-64-70-47-14-8-9-16-50(47)95-64)79(52-19-17-44(58(71-52)63(88)89)46-35-69-81(42(46)2)40-67-34-51-65(3,38-67)32-43(33-66(51,4)39-67)93-26-24-78(5)6)22-10-7-11-23-80-54(75-77-80)36-92-30-29-91-28-27-90-25-21-68-56(84)37-94-49-15-12-13-45-57(49)62(87)82(61(45)86)48-18-20-55(83)72-60(48)85/h8-9,12-17,19,31,35,42-43,46,48,51H,7,10-11,18,20-30,32-34,36-40H2,1-6H3,(H3-,68,70,72,73,76,83,84,85,88,89)/p+1. The van der Waals surface area contributed by atoms with Crippen molar-refractivity contribution in [2.45, 2.75) is 116 Å². The first-order chi connectivity index (χ1) is 45.8. The molecule has 7 heterocycles. The van der Waals surface area contributed by atoms with Crippen LogP contribution in [0.5, 0.6) is 5.75 Å². The molecule has 3 aliphatic carbocycles. The fourth-order valence-corrected chi connectivity index (χ4v) is 16.4. The lowest BCUT2D eigenvalue weighted by Gasteiger charge is -2.55. The molecule has 5 amide bonds. The van der Waals surface area contributed by atoms with E-state index >= 15 is 0 Å². The van der Waals surface area contributed by atoms with Gasteiger partial charge < -0.3 is 49.2 Å². The Kier molecular flexibility index (Phi) is 20.1. The van der Waals surface area contributed by atoms with Crippen LogP contribution in [0.4, 0.5) is 22.6 Å². The minimum absolute atomic E-state index is 0.00463. The lowest BCUT2D eigenvalue weighted by molar-refractivity contribution is -0.562. The second kappa shape index (κ2) is 28.6. The van der Waals surface area contributed by atoms with Gasteiger partial charge in [0.1, 0.15) is 24.2 Å². The van der Waals surface area contributed by atoms with Crippen molar-refractivity contribution in [3.05, 3.63) is 88.6 Å². The van der Waals surface area contributed by atoms with Crippen LogP contribution in [0.2, 0.25) is 0 Å². The molecule has 4 N–H and O–H groups in total. The SMILES string of the molecule is Cc1cc(N(CCCCC[N+]2=C(COCCOCCOCCNC(=O)COc3cccc4c3C(=O)N(C3CCC(=O)NC3=O)C4=O)N=N2)c2ccc(C3C=NN(CC45CC6C(C)(CC(OCCN(C)C)CC6(C)C4)C5)C3C)c(C(=O)O)n2)nnc1Nc1nc2ccccc2s1. The molecule has 0 spiro atoms. The molecule has 27 nitrogen and oxygen atoms in total. The van der Waals surface area contributed by atoms with Crippen LogP contribution < -0.4 is 25.6 Å². The van der Waals surface area contributed by atoms with Crippen LogP contribution in [0, 0.1) is 29.1 Å². The summed E-state index contributed by atoms with van der Waals surface area (Å²) < 4.78 is 32.1. The number of fused-ring (bicyclic) bond motifs is 3. The average molecular weight is 1320 g/mol. The summed E-state index contributed by atoms with van der Waals surface area (Å²) in [4.78, 5) is 91.1. The number of imide groups is 2. The number of thiazole rings is 1. The van der Waals surface area contributed by atoms with Crippen molar-refractivity contribution in [2.24, 2.45) is 37.6 Å².